The fourth-order valence-electron chi connectivity index (χ4n) is 2.36. The van der Waals surface area contributed by atoms with Gasteiger partial charge >= 0.3 is 0 Å². The lowest BCUT2D eigenvalue weighted by Gasteiger charge is -2.14. The van der Waals surface area contributed by atoms with Gasteiger partial charge in [-0.15, -0.1) is 0 Å². The Morgan fingerprint density at radius 1 is 1.17 bits per heavy atom. The summed E-state index contributed by atoms with van der Waals surface area (Å²) in [4.78, 5) is 4.44. The minimum atomic E-state index is -0.877. The highest BCUT2D eigenvalue weighted by Crippen LogP contribution is 2.30. The van der Waals surface area contributed by atoms with Crippen molar-refractivity contribution in [2.45, 2.75) is 25.8 Å². The van der Waals surface area contributed by atoms with Crippen LogP contribution in [0, 0.1) is 11.6 Å². The number of nitrogens with zero attached hydrogens (tertiary/aromatic N) is 2. The summed E-state index contributed by atoms with van der Waals surface area (Å²) in [6, 6.07) is 3.74. The molecule has 0 saturated carbocycles. The van der Waals surface area contributed by atoms with E-state index in [1.165, 1.54) is 6.07 Å². The van der Waals surface area contributed by atoms with Crippen molar-refractivity contribution in [3.8, 4) is 11.3 Å². The van der Waals surface area contributed by atoms with Crippen LogP contribution in [-0.4, -0.2) is 9.55 Å². The molecule has 0 fully saturated rings. The molecule has 0 aliphatic carbocycles. The van der Waals surface area contributed by atoms with E-state index in [-0.39, 0.29) is 0 Å². The van der Waals surface area contributed by atoms with Crippen molar-refractivity contribution in [2.75, 3.05) is 5.73 Å². The van der Waals surface area contributed by atoms with E-state index in [1.54, 1.807) is 0 Å². The van der Waals surface area contributed by atoms with Crippen molar-refractivity contribution in [3.63, 3.8) is 0 Å². The van der Waals surface area contributed by atoms with Gasteiger partial charge in [0.1, 0.15) is 17.3 Å². The topological polar surface area (TPSA) is 43.8 Å². The van der Waals surface area contributed by atoms with Gasteiger partial charge in [-0.25, -0.2) is 13.8 Å². The molecule has 0 unspecified atom stereocenters. The van der Waals surface area contributed by atoms with Crippen molar-refractivity contribution in [1.29, 1.82) is 0 Å². The Morgan fingerprint density at radius 2 is 2.00 bits per heavy atom. The van der Waals surface area contributed by atoms with Gasteiger partial charge in [0, 0.05) is 18.5 Å². The van der Waals surface area contributed by atoms with Gasteiger partial charge in [0.15, 0.2) is 11.6 Å². The molecule has 2 N–H and O–H groups in total. The second-order valence-corrected chi connectivity index (χ2v) is 4.50. The molecule has 1 aliphatic heterocycles. The van der Waals surface area contributed by atoms with Crippen molar-refractivity contribution in [3.05, 3.63) is 35.7 Å². The smallest absolute Gasteiger partial charge is 0.159 e. The number of rotatable bonds is 1. The standard InChI is InChI=1S/C13H13F2N3/c14-9-5-4-8(7-10(9)15)12-13(16)18-6-2-1-3-11(18)17-12/h4-5,7H,1-3,6,16H2. The highest BCUT2D eigenvalue weighted by atomic mass is 19.2. The van der Waals surface area contributed by atoms with E-state index < -0.39 is 11.6 Å². The molecule has 3 nitrogen and oxygen atoms in total. The predicted octanol–water partition coefficient (Wildman–Crippen LogP) is 2.75. The number of aromatic nitrogens is 2. The third-order valence-corrected chi connectivity index (χ3v) is 3.31. The van der Waals surface area contributed by atoms with Crippen molar-refractivity contribution in [2.24, 2.45) is 0 Å². The van der Waals surface area contributed by atoms with Gasteiger partial charge in [0.2, 0.25) is 0 Å². The number of imidazole rings is 1. The van der Waals surface area contributed by atoms with Crippen LogP contribution in [0.25, 0.3) is 11.3 Å². The average molecular weight is 249 g/mol. The third-order valence-electron chi connectivity index (χ3n) is 3.31. The van der Waals surface area contributed by atoms with E-state index in [0.29, 0.717) is 17.1 Å². The lowest BCUT2D eigenvalue weighted by atomic mass is 10.1. The van der Waals surface area contributed by atoms with Crippen LogP contribution < -0.4 is 5.73 Å². The maximum atomic E-state index is 13.2. The van der Waals surface area contributed by atoms with E-state index in [4.69, 9.17) is 5.73 Å². The van der Waals surface area contributed by atoms with Crippen molar-refractivity contribution in [1.82, 2.24) is 9.55 Å². The summed E-state index contributed by atoms with van der Waals surface area (Å²) in [6.45, 7) is 0.845. The van der Waals surface area contributed by atoms with Crippen LogP contribution in [0.15, 0.2) is 18.2 Å². The summed E-state index contributed by atoms with van der Waals surface area (Å²) in [6.07, 6.45) is 3.05. The predicted molar refractivity (Wildman–Crippen MR) is 64.9 cm³/mol. The molecule has 1 aromatic carbocycles. The van der Waals surface area contributed by atoms with Crippen LogP contribution in [0.3, 0.4) is 0 Å². The summed E-state index contributed by atoms with van der Waals surface area (Å²) in [5.74, 6) is -0.270. The number of halogens is 2. The first-order valence-corrected chi connectivity index (χ1v) is 5.97. The molecule has 3 rings (SSSR count). The van der Waals surface area contributed by atoms with E-state index in [0.717, 1.165) is 43.8 Å². The Balaban J connectivity index is 2.11. The fourth-order valence-corrected chi connectivity index (χ4v) is 2.36. The molecule has 94 valence electrons. The van der Waals surface area contributed by atoms with E-state index in [9.17, 15) is 8.78 Å². The third kappa shape index (κ3) is 1.66. The summed E-state index contributed by atoms with van der Waals surface area (Å²) < 4.78 is 28.1. The SMILES string of the molecule is Nc1c(-c2ccc(F)c(F)c2)nc2n1CCCC2. The Labute approximate surface area is 103 Å². The first kappa shape index (κ1) is 11.2. The lowest BCUT2D eigenvalue weighted by Crippen LogP contribution is -2.12. The highest BCUT2D eigenvalue weighted by molar-refractivity contribution is 5.71. The lowest BCUT2D eigenvalue weighted by molar-refractivity contribution is 0.509. The quantitative estimate of drug-likeness (QED) is 0.844. The number of anilines is 1. The number of hydrogen-bond acceptors (Lipinski definition) is 2. The van der Waals surface area contributed by atoms with Crippen LogP contribution in [0.4, 0.5) is 14.6 Å². The number of nitrogen functional groups attached to an aromatic ring is 1. The maximum absolute atomic E-state index is 13.2. The first-order chi connectivity index (χ1) is 8.66. The van der Waals surface area contributed by atoms with Crippen LogP contribution in [-0.2, 0) is 13.0 Å². The largest absolute Gasteiger partial charge is 0.383 e. The molecule has 5 heteroatoms. The normalized spacial score (nSPS) is 14.6. The van der Waals surface area contributed by atoms with Crippen LogP contribution >= 0.6 is 0 Å². The number of aryl methyl sites for hydroxylation is 1. The monoisotopic (exact) mass is 249 g/mol. The number of nitrogens with two attached hydrogens (primary N) is 1. The van der Waals surface area contributed by atoms with Gasteiger partial charge < -0.3 is 10.3 Å². The number of benzene rings is 1. The molecular weight excluding hydrogens is 236 g/mol. The Bertz CT molecular complexity index is 605. The minimum Gasteiger partial charge on any atom is -0.383 e. The van der Waals surface area contributed by atoms with E-state index >= 15 is 0 Å². The van der Waals surface area contributed by atoms with Crippen molar-refractivity contribution < 1.29 is 8.78 Å². The first-order valence-electron chi connectivity index (χ1n) is 5.97. The zero-order chi connectivity index (χ0) is 12.7. The molecule has 0 amide bonds. The summed E-state index contributed by atoms with van der Waals surface area (Å²) >= 11 is 0. The highest BCUT2D eigenvalue weighted by Gasteiger charge is 2.19. The molecule has 2 heterocycles. The molecule has 0 saturated heterocycles. The number of fused-ring (bicyclic) bond motifs is 1. The zero-order valence-corrected chi connectivity index (χ0v) is 9.79. The average Bonchev–Trinajstić information content (AvgIpc) is 2.71. The fraction of sp³-hybridized carbons (Fsp3) is 0.308. The van der Waals surface area contributed by atoms with Gasteiger partial charge in [-0.2, -0.15) is 0 Å². The maximum Gasteiger partial charge on any atom is 0.159 e. The zero-order valence-electron chi connectivity index (χ0n) is 9.79. The summed E-state index contributed by atoms with van der Waals surface area (Å²) in [5, 5.41) is 0. The molecular formula is C13H13F2N3. The van der Waals surface area contributed by atoms with Crippen molar-refractivity contribution >= 4 is 5.82 Å². The van der Waals surface area contributed by atoms with Gasteiger partial charge in [-0.1, -0.05) is 0 Å². The second kappa shape index (κ2) is 4.08. The molecule has 1 aliphatic rings. The Morgan fingerprint density at radius 3 is 2.72 bits per heavy atom. The molecule has 0 spiro atoms. The van der Waals surface area contributed by atoms with Crippen LogP contribution in [0.5, 0.6) is 0 Å². The van der Waals surface area contributed by atoms with E-state index in [1.807, 2.05) is 4.57 Å². The Hall–Kier alpha value is -1.91. The Kier molecular flexibility index (Phi) is 2.54. The van der Waals surface area contributed by atoms with Gasteiger partial charge in [0.05, 0.1) is 0 Å². The summed E-state index contributed by atoms with van der Waals surface area (Å²) in [7, 11) is 0. The van der Waals surface area contributed by atoms with Gasteiger partial charge in [-0.05, 0) is 31.0 Å². The molecule has 0 bridgehead atoms. The van der Waals surface area contributed by atoms with Crippen LogP contribution in [0.2, 0.25) is 0 Å². The van der Waals surface area contributed by atoms with Gasteiger partial charge in [-0.3, -0.25) is 0 Å². The molecule has 2 aromatic rings. The van der Waals surface area contributed by atoms with E-state index in [2.05, 4.69) is 4.98 Å². The number of hydrogen-bond donors (Lipinski definition) is 1. The molecule has 0 radical (unpaired) electrons. The molecule has 1 aromatic heterocycles. The van der Waals surface area contributed by atoms with Crippen LogP contribution in [0.1, 0.15) is 18.7 Å². The molecule has 18 heavy (non-hydrogen) atoms. The minimum absolute atomic E-state index is 0.522. The molecule has 0 atom stereocenters. The second-order valence-electron chi connectivity index (χ2n) is 4.50. The summed E-state index contributed by atoms with van der Waals surface area (Å²) in [5.41, 5.74) is 7.10. The van der Waals surface area contributed by atoms with Gasteiger partial charge in [0.25, 0.3) is 0 Å².